The van der Waals surface area contributed by atoms with E-state index in [0.717, 1.165) is 90.8 Å². The fourth-order valence-corrected chi connectivity index (χ4v) is 6.56. The molecule has 3 rings (SSSR count). The summed E-state index contributed by atoms with van der Waals surface area (Å²) in [7, 11) is 0. The molecule has 7 heteroatoms. The maximum atomic E-state index is 12.3. The van der Waals surface area contributed by atoms with Crippen molar-refractivity contribution in [1.82, 2.24) is 5.32 Å². The van der Waals surface area contributed by atoms with Gasteiger partial charge in [0, 0.05) is 45.9 Å². The number of nitrogens with zero attached hydrogens (tertiary/aromatic N) is 3. The quantitative estimate of drug-likeness (QED) is 0.0782. The highest BCUT2D eigenvalue weighted by molar-refractivity contribution is 7.13. The van der Waals surface area contributed by atoms with E-state index in [9.17, 15) is 9.59 Å². The van der Waals surface area contributed by atoms with Crippen molar-refractivity contribution < 1.29 is 9.59 Å². The van der Waals surface area contributed by atoms with E-state index in [1.54, 1.807) is 25.2 Å². The van der Waals surface area contributed by atoms with Crippen LogP contribution < -0.4 is 5.32 Å². The number of rotatable bonds is 15. The van der Waals surface area contributed by atoms with Crippen LogP contribution in [0.3, 0.4) is 0 Å². The van der Waals surface area contributed by atoms with Gasteiger partial charge in [-0.25, -0.2) is 0 Å². The number of thiophene rings is 1. The molecule has 242 valence electrons. The monoisotopic (exact) mass is 636 g/mol. The van der Waals surface area contributed by atoms with Gasteiger partial charge in [-0.05, 0) is 91.8 Å². The first-order chi connectivity index (χ1) is 21.7. The van der Waals surface area contributed by atoms with Crippen molar-refractivity contribution in [2.75, 3.05) is 6.54 Å². The summed E-state index contributed by atoms with van der Waals surface area (Å²) in [6.45, 7) is 26.4. The predicted octanol–water partition coefficient (Wildman–Crippen LogP) is 9.14. The van der Waals surface area contributed by atoms with Gasteiger partial charge in [-0.2, -0.15) is 10.2 Å². The molecular weight excluding hydrogens is 589 g/mol. The van der Waals surface area contributed by atoms with Crippen molar-refractivity contribution in [3.8, 4) is 0 Å². The molecule has 1 unspecified atom stereocenters. The van der Waals surface area contributed by atoms with Gasteiger partial charge >= 0.3 is 0 Å². The first-order valence-electron chi connectivity index (χ1n) is 15.7. The second kappa shape index (κ2) is 16.4. The molecule has 0 bridgehead atoms. The predicted molar refractivity (Wildman–Crippen MR) is 198 cm³/mol. The van der Waals surface area contributed by atoms with Gasteiger partial charge in [0.05, 0.1) is 22.3 Å². The zero-order chi connectivity index (χ0) is 34.1. The third-order valence-electron chi connectivity index (χ3n) is 7.73. The van der Waals surface area contributed by atoms with E-state index in [1.807, 2.05) is 39.8 Å². The molecule has 3 aromatic rings. The summed E-state index contributed by atoms with van der Waals surface area (Å²) in [5.74, 6) is 0.100. The molecular formula is C39H48N4O2S. The smallest absolute Gasteiger partial charge is 0.160 e. The first-order valence-corrected chi connectivity index (χ1v) is 16.5. The highest BCUT2D eigenvalue weighted by Gasteiger charge is 2.23. The van der Waals surface area contributed by atoms with Crippen LogP contribution in [0, 0.1) is 20.8 Å². The lowest BCUT2D eigenvalue weighted by atomic mass is 9.91. The van der Waals surface area contributed by atoms with Crippen LogP contribution in [0.25, 0.3) is 11.3 Å². The number of Topliss-reactive ketones (excluding diaryl/α,β-unsaturated/α-hetero) is 2. The van der Waals surface area contributed by atoms with E-state index >= 15 is 0 Å². The molecule has 46 heavy (non-hydrogen) atoms. The number of benzene rings is 2. The average molecular weight is 637 g/mol. The first kappa shape index (κ1) is 36.2. The van der Waals surface area contributed by atoms with Crippen LogP contribution in [-0.2, 0) is 11.2 Å². The minimum Gasteiger partial charge on any atom is -0.384 e. The van der Waals surface area contributed by atoms with Crippen molar-refractivity contribution >= 4 is 51.3 Å². The highest BCUT2D eigenvalue weighted by Crippen LogP contribution is 2.34. The molecule has 0 saturated heterocycles. The van der Waals surface area contributed by atoms with Gasteiger partial charge < -0.3 is 5.32 Å². The summed E-state index contributed by atoms with van der Waals surface area (Å²) < 4.78 is 0. The van der Waals surface area contributed by atoms with Crippen LogP contribution >= 0.6 is 11.3 Å². The molecule has 0 spiro atoms. The molecule has 0 saturated carbocycles. The van der Waals surface area contributed by atoms with Gasteiger partial charge in [-0.15, -0.1) is 11.3 Å². The molecule has 6 nitrogen and oxygen atoms in total. The van der Waals surface area contributed by atoms with Gasteiger partial charge in [-0.1, -0.05) is 66.8 Å². The number of nitrogens with one attached hydrogen (secondary N) is 1. The summed E-state index contributed by atoms with van der Waals surface area (Å²) in [4.78, 5) is 32.0. The topological polar surface area (TPSA) is 83.2 Å². The lowest BCUT2D eigenvalue weighted by molar-refractivity contribution is -0.117. The Morgan fingerprint density at radius 1 is 0.891 bits per heavy atom. The van der Waals surface area contributed by atoms with E-state index in [0.29, 0.717) is 5.71 Å². The van der Waals surface area contributed by atoms with Crippen LogP contribution in [0.15, 0.2) is 70.8 Å². The van der Waals surface area contributed by atoms with Crippen molar-refractivity contribution in [3.05, 3.63) is 104 Å². The number of aryl methyl sites for hydroxylation is 3. The molecule has 0 aliphatic carbocycles. The van der Waals surface area contributed by atoms with Gasteiger partial charge in [0.15, 0.2) is 5.78 Å². The standard InChI is InChI=1S/C39H48N4O2S/c1-23(2)36-32(14-12-16-34(36)30(10)45)15-13-21-40-29(9)39-27(7)37(31(11)46-39)38(33-19-17-25(5)18-20-33)41-35(22-26(6)44)28(8)43-42-24(3)4/h12,14,16-20,35,40H,1,9,13,15,21-22H2,2-8,10-11H3/b41-38?,43-28+. The molecule has 0 aliphatic heterocycles. The van der Waals surface area contributed by atoms with E-state index < -0.39 is 6.04 Å². The van der Waals surface area contributed by atoms with Gasteiger partial charge in [0.25, 0.3) is 0 Å². The van der Waals surface area contributed by atoms with Crippen LogP contribution in [0.5, 0.6) is 0 Å². The molecule has 0 aliphatic rings. The summed E-state index contributed by atoms with van der Waals surface area (Å²) in [5.41, 5.74) is 11.3. The SMILES string of the molecule is C=C(NCCCc1cccc(C(C)=O)c1C(=C)C)c1sc(C)c(C(=NC(CC(C)=O)/C(C)=N/N=C(C)C)c2ccc(C)cc2)c1C. The van der Waals surface area contributed by atoms with Crippen molar-refractivity contribution in [3.63, 3.8) is 0 Å². The van der Waals surface area contributed by atoms with Crippen LogP contribution in [0.4, 0.5) is 0 Å². The van der Waals surface area contributed by atoms with Gasteiger partial charge in [0.1, 0.15) is 5.78 Å². The second-order valence-electron chi connectivity index (χ2n) is 12.2. The van der Waals surface area contributed by atoms with Crippen LogP contribution in [0.1, 0.15) is 108 Å². The van der Waals surface area contributed by atoms with E-state index in [2.05, 4.69) is 79.8 Å². The molecule has 2 aromatic carbocycles. The molecule has 1 heterocycles. The number of ketones is 2. The lowest BCUT2D eigenvalue weighted by Gasteiger charge is -2.16. The third kappa shape index (κ3) is 9.39. The van der Waals surface area contributed by atoms with Crippen molar-refractivity contribution in [2.24, 2.45) is 15.2 Å². The Labute approximate surface area is 279 Å². The summed E-state index contributed by atoms with van der Waals surface area (Å²) in [6, 6.07) is 13.8. The zero-order valence-electron chi connectivity index (χ0n) is 28.9. The number of carbonyl (C=O) groups is 2. The Balaban J connectivity index is 1.94. The molecule has 0 radical (unpaired) electrons. The molecule has 1 aromatic heterocycles. The molecule has 1 atom stereocenters. The third-order valence-corrected chi connectivity index (χ3v) is 9.00. The maximum Gasteiger partial charge on any atom is 0.160 e. The second-order valence-corrected chi connectivity index (χ2v) is 13.5. The van der Waals surface area contributed by atoms with Crippen molar-refractivity contribution in [2.45, 2.75) is 87.6 Å². The lowest BCUT2D eigenvalue weighted by Crippen LogP contribution is -2.22. The number of carbonyl (C=O) groups excluding carboxylic acids is 2. The number of aliphatic imine (C=N–C) groups is 1. The minimum atomic E-state index is -0.439. The van der Waals surface area contributed by atoms with E-state index in [-0.39, 0.29) is 18.0 Å². The normalized spacial score (nSPS) is 12.5. The summed E-state index contributed by atoms with van der Waals surface area (Å²) in [5, 5.41) is 12.2. The molecule has 0 amide bonds. The fourth-order valence-electron chi connectivity index (χ4n) is 5.45. The Hall–Kier alpha value is -4.23. The highest BCUT2D eigenvalue weighted by atomic mass is 32.1. The Morgan fingerprint density at radius 3 is 2.15 bits per heavy atom. The Morgan fingerprint density at radius 2 is 1.57 bits per heavy atom. The average Bonchev–Trinajstić information content (AvgIpc) is 3.29. The van der Waals surface area contributed by atoms with Crippen LogP contribution in [-0.4, -0.2) is 41.3 Å². The van der Waals surface area contributed by atoms with Crippen molar-refractivity contribution in [1.29, 1.82) is 0 Å². The summed E-state index contributed by atoms with van der Waals surface area (Å²) in [6.07, 6.45) is 1.94. The molecule has 0 fully saturated rings. The molecule has 1 N–H and O–H groups in total. The maximum absolute atomic E-state index is 12.3. The number of hydrogen-bond acceptors (Lipinski definition) is 7. The van der Waals surface area contributed by atoms with E-state index in [1.165, 1.54) is 0 Å². The number of allylic oxidation sites excluding steroid dienone is 1. The summed E-state index contributed by atoms with van der Waals surface area (Å²) >= 11 is 1.69. The Kier molecular flexibility index (Phi) is 12.9. The number of hydrogen-bond donors (Lipinski definition) is 1. The van der Waals surface area contributed by atoms with Crippen LogP contribution in [0.2, 0.25) is 0 Å². The van der Waals surface area contributed by atoms with Gasteiger partial charge in [0.2, 0.25) is 0 Å². The minimum absolute atomic E-state index is 0.0455. The largest absolute Gasteiger partial charge is 0.384 e. The van der Waals surface area contributed by atoms with Gasteiger partial charge in [-0.3, -0.25) is 14.6 Å². The zero-order valence-corrected chi connectivity index (χ0v) is 29.7. The Bertz CT molecular complexity index is 1720. The van der Waals surface area contributed by atoms with E-state index in [4.69, 9.17) is 4.99 Å². The fraction of sp³-hybridized carbons (Fsp3) is 0.359.